The molecule has 0 aliphatic rings. The highest BCUT2D eigenvalue weighted by Crippen LogP contribution is 2.04. The quantitative estimate of drug-likeness (QED) is 0.492. The van der Waals surface area contributed by atoms with Crippen molar-refractivity contribution in [2.24, 2.45) is 10.7 Å². The largest absolute Gasteiger partial charge is 0.370 e. The van der Waals surface area contributed by atoms with Gasteiger partial charge in [-0.25, -0.2) is 13.1 Å². The van der Waals surface area contributed by atoms with E-state index in [1.165, 1.54) is 0 Å². The van der Waals surface area contributed by atoms with Crippen LogP contribution in [0.2, 0.25) is 0 Å². The SMILES string of the molecule is CC(C)(C)NC(N)=NCC(C)(C)NS(C)(=O)=O. The van der Waals surface area contributed by atoms with Gasteiger partial charge in [-0.2, -0.15) is 0 Å². The van der Waals surface area contributed by atoms with Crippen molar-refractivity contribution in [2.45, 2.75) is 45.7 Å². The fraction of sp³-hybridized carbons (Fsp3) is 0.900. The van der Waals surface area contributed by atoms with Crippen LogP contribution >= 0.6 is 0 Å². The normalized spacial score (nSPS) is 14.8. The number of aliphatic imine (C=N–C) groups is 1. The molecule has 0 radical (unpaired) electrons. The minimum atomic E-state index is -3.25. The number of rotatable bonds is 4. The third-order valence-corrected chi connectivity index (χ3v) is 2.53. The second-order valence-corrected chi connectivity index (χ2v) is 7.58. The predicted molar refractivity (Wildman–Crippen MR) is 71.4 cm³/mol. The van der Waals surface area contributed by atoms with E-state index in [2.05, 4.69) is 15.0 Å². The summed E-state index contributed by atoms with van der Waals surface area (Å²) in [6, 6.07) is 0. The molecule has 0 amide bonds. The van der Waals surface area contributed by atoms with Crippen molar-refractivity contribution in [1.82, 2.24) is 10.0 Å². The third kappa shape index (κ3) is 10.1. The van der Waals surface area contributed by atoms with Gasteiger partial charge in [-0.15, -0.1) is 0 Å². The van der Waals surface area contributed by atoms with E-state index in [4.69, 9.17) is 5.73 Å². The first-order chi connectivity index (χ1) is 7.31. The van der Waals surface area contributed by atoms with Gasteiger partial charge in [0.2, 0.25) is 10.0 Å². The summed E-state index contributed by atoms with van der Waals surface area (Å²) in [6.45, 7) is 9.68. The van der Waals surface area contributed by atoms with E-state index in [0.717, 1.165) is 6.26 Å². The number of hydrogen-bond donors (Lipinski definition) is 3. The van der Waals surface area contributed by atoms with Crippen molar-refractivity contribution < 1.29 is 8.42 Å². The van der Waals surface area contributed by atoms with Gasteiger partial charge in [0.15, 0.2) is 5.96 Å². The molecule has 0 fully saturated rings. The minimum Gasteiger partial charge on any atom is -0.370 e. The summed E-state index contributed by atoms with van der Waals surface area (Å²) in [6.07, 6.45) is 1.12. The molecule has 0 aliphatic carbocycles. The highest BCUT2D eigenvalue weighted by molar-refractivity contribution is 7.88. The number of nitrogens with one attached hydrogen (secondary N) is 2. The first-order valence-corrected chi connectivity index (χ1v) is 7.27. The lowest BCUT2D eigenvalue weighted by atomic mass is 10.1. The summed E-state index contributed by atoms with van der Waals surface area (Å²) >= 11 is 0. The first-order valence-electron chi connectivity index (χ1n) is 5.38. The highest BCUT2D eigenvalue weighted by atomic mass is 32.2. The molecule has 0 rings (SSSR count). The Labute approximate surface area is 104 Å². The topological polar surface area (TPSA) is 96.6 Å². The van der Waals surface area contributed by atoms with Crippen molar-refractivity contribution in [3.63, 3.8) is 0 Å². The molecule has 0 aromatic carbocycles. The average molecular weight is 264 g/mol. The maximum absolute atomic E-state index is 11.1. The first kappa shape index (κ1) is 16.2. The summed E-state index contributed by atoms with van der Waals surface area (Å²) in [5.41, 5.74) is 4.87. The fourth-order valence-electron chi connectivity index (χ4n) is 1.24. The van der Waals surface area contributed by atoms with Crippen molar-refractivity contribution in [2.75, 3.05) is 12.8 Å². The molecule has 7 heteroatoms. The van der Waals surface area contributed by atoms with Crippen molar-refractivity contribution in [1.29, 1.82) is 0 Å². The Kier molecular flexibility index (Phi) is 4.97. The van der Waals surface area contributed by atoms with E-state index in [-0.39, 0.29) is 12.1 Å². The van der Waals surface area contributed by atoms with Crippen LogP contribution < -0.4 is 15.8 Å². The second-order valence-electron chi connectivity index (χ2n) is 5.83. The summed E-state index contributed by atoms with van der Waals surface area (Å²) in [7, 11) is -3.25. The van der Waals surface area contributed by atoms with Crippen molar-refractivity contribution >= 4 is 16.0 Å². The van der Waals surface area contributed by atoms with Crippen molar-refractivity contribution in [3.05, 3.63) is 0 Å². The zero-order valence-electron chi connectivity index (χ0n) is 11.5. The molecule has 0 heterocycles. The van der Waals surface area contributed by atoms with Gasteiger partial charge in [-0.1, -0.05) is 0 Å². The molecule has 0 bridgehead atoms. The van der Waals surface area contributed by atoms with E-state index in [1.807, 2.05) is 20.8 Å². The molecule has 17 heavy (non-hydrogen) atoms. The number of nitrogens with zero attached hydrogens (tertiary/aromatic N) is 1. The van der Waals surface area contributed by atoms with Crippen LogP contribution in [-0.4, -0.2) is 38.3 Å². The average Bonchev–Trinajstić information content (AvgIpc) is 1.92. The lowest BCUT2D eigenvalue weighted by molar-refractivity contribution is 0.461. The van der Waals surface area contributed by atoms with Crippen LogP contribution in [0.25, 0.3) is 0 Å². The Morgan fingerprint density at radius 2 is 1.71 bits per heavy atom. The Balaban J connectivity index is 4.49. The van der Waals surface area contributed by atoms with Crippen LogP contribution in [-0.2, 0) is 10.0 Å². The van der Waals surface area contributed by atoms with Crippen LogP contribution in [0.3, 0.4) is 0 Å². The smallest absolute Gasteiger partial charge is 0.209 e. The monoisotopic (exact) mass is 264 g/mol. The van der Waals surface area contributed by atoms with Crippen molar-refractivity contribution in [3.8, 4) is 0 Å². The molecular formula is C10H24N4O2S. The number of sulfonamides is 1. The maximum Gasteiger partial charge on any atom is 0.209 e. The molecule has 0 atom stereocenters. The van der Waals surface area contributed by atoms with Gasteiger partial charge in [-0.05, 0) is 34.6 Å². The molecule has 0 aromatic rings. The van der Waals surface area contributed by atoms with Gasteiger partial charge in [-0.3, -0.25) is 4.99 Å². The highest BCUT2D eigenvalue weighted by Gasteiger charge is 2.22. The fourth-order valence-corrected chi connectivity index (χ4v) is 2.31. The van der Waals surface area contributed by atoms with Crippen LogP contribution in [0.1, 0.15) is 34.6 Å². The summed E-state index contributed by atoms with van der Waals surface area (Å²) in [4.78, 5) is 4.12. The van der Waals surface area contributed by atoms with Crippen LogP contribution in [0, 0.1) is 0 Å². The van der Waals surface area contributed by atoms with Gasteiger partial charge in [0.05, 0.1) is 12.8 Å². The molecule has 4 N–H and O–H groups in total. The maximum atomic E-state index is 11.1. The molecule has 102 valence electrons. The van der Waals surface area contributed by atoms with E-state index in [1.54, 1.807) is 13.8 Å². The molecule has 0 saturated heterocycles. The molecule has 0 saturated carbocycles. The van der Waals surface area contributed by atoms with E-state index in [9.17, 15) is 8.42 Å². The second kappa shape index (κ2) is 5.22. The molecule has 0 aliphatic heterocycles. The van der Waals surface area contributed by atoms with Gasteiger partial charge in [0.25, 0.3) is 0 Å². The Morgan fingerprint density at radius 3 is 2.06 bits per heavy atom. The van der Waals surface area contributed by atoms with Gasteiger partial charge >= 0.3 is 0 Å². The summed E-state index contributed by atoms with van der Waals surface area (Å²) in [5, 5.41) is 3.01. The Hall–Kier alpha value is -0.820. The van der Waals surface area contributed by atoms with E-state index >= 15 is 0 Å². The molecule has 0 spiro atoms. The Bertz CT molecular complexity index is 380. The van der Waals surface area contributed by atoms with Crippen LogP contribution in [0.15, 0.2) is 4.99 Å². The number of hydrogen-bond acceptors (Lipinski definition) is 3. The Morgan fingerprint density at radius 1 is 1.24 bits per heavy atom. The summed E-state index contributed by atoms with van der Waals surface area (Å²) in [5.74, 6) is 0.306. The van der Waals surface area contributed by atoms with E-state index in [0.29, 0.717) is 5.96 Å². The lowest BCUT2D eigenvalue weighted by Gasteiger charge is -2.25. The van der Waals surface area contributed by atoms with E-state index < -0.39 is 15.6 Å². The van der Waals surface area contributed by atoms with Gasteiger partial charge in [0, 0.05) is 11.1 Å². The number of guanidine groups is 1. The molecular weight excluding hydrogens is 240 g/mol. The zero-order valence-corrected chi connectivity index (χ0v) is 12.3. The number of nitrogens with two attached hydrogens (primary N) is 1. The molecule has 0 aromatic heterocycles. The van der Waals surface area contributed by atoms with Gasteiger partial charge < -0.3 is 11.1 Å². The standard InChI is InChI=1S/C10H24N4O2S/c1-9(2,3)13-8(11)12-7-10(4,5)14-17(6,15)16/h14H,7H2,1-6H3,(H3,11,12,13). The van der Waals surface area contributed by atoms with Crippen LogP contribution in [0.4, 0.5) is 0 Å². The van der Waals surface area contributed by atoms with Gasteiger partial charge in [0.1, 0.15) is 0 Å². The summed E-state index contributed by atoms with van der Waals surface area (Å²) < 4.78 is 24.7. The predicted octanol–water partition coefficient (Wildman–Crippen LogP) is 0.0170. The molecule has 0 unspecified atom stereocenters. The zero-order chi connectivity index (χ0) is 13.9. The van der Waals surface area contributed by atoms with Crippen LogP contribution in [0.5, 0.6) is 0 Å². The third-order valence-electron chi connectivity index (χ3n) is 1.61. The molecule has 6 nitrogen and oxygen atoms in total. The minimum absolute atomic E-state index is 0.165. The lowest BCUT2D eigenvalue weighted by Crippen LogP contribution is -2.48.